The van der Waals surface area contributed by atoms with E-state index >= 15 is 0 Å². The number of nitrogens with two attached hydrogens (primary N) is 2. The fraction of sp³-hybridized carbons (Fsp3) is 0.138. The lowest BCUT2D eigenvalue weighted by Crippen LogP contribution is -2.13. The molecule has 4 aromatic rings. The van der Waals surface area contributed by atoms with Crippen LogP contribution in [0.1, 0.15) is 29.0 Å². The molecule has 0 bridgehead atoms. The number of primary sulfonamides is 1. The molecule has 6 nitrogen and oxygen atoms in total. The Morgan fingerprint density at radius 2 is 1.56 bits per heavy atom. The minimum atomic E-state index is -3.83. The number of hydrogen-bond donors (Lipinski definition) is 4. The van der Waals surface area contributed by atoms with Crippen molar-refractivity contribution in [2.75, 3.05) is 11.9 Å². The SMILES string of the molecule is N=C(N)c1cccc(NCCC(Cc2ccccc2)c2ccc(-c3ccccc3S(N)(=O)=O)cc2)c1. The summed E-state index contributed by atoms with van der Waals surface area (Å²) in [6, 6.07) is 32.8. The van der Waals surface area contributed by atoms with Gasteiger partial charge >= 0.3 is 0 Å². The van der Waals surface area contributed by atoms with Gasteiger partial charge in [0, 0.05) is 23.4 Å². The zero-order valence-corrected chi connectivity index (χ0v) is 20.7. The van der Waals surface area contributed by atoms with Gasteiger partial charge in [-0.1, -0.05) is 84.9 Å². The van der Waals surface area contributed by atoms with Crippen molar-refractivity contribution in [2.24, 2.45) is 10.9 Å². The smallest absolute Gasteiger partial charge is 0.238 e. The highest BCUT2D eigenvalue weighted by Crippen LogP contribution is 2.30. The Bertz CT molecular complexity index is 1440. The molecule has 4 aromatic carbocycles. The fourth-order valence-corrected chi connectivity index (χ4v) is 5.12. The quantitative estimate of drug-likeness (QED) is 0.179. The number of nitrogens with one attached hydrogen (secondary N) is 2. The standard InChI is InChI=1S/C29H30N4O2S/c30-29(31)25-9-6-10-26(20-25)33-18-17-24(19-21-7-2-1-3-8-21)22-13-15-23(16-14-22)27-11-4-5-12-28(27)36(32,34)35/h1-16,20,24,33H,17-19H2,(H3,30,31)(H2,32,34,35). The van der Waals surface area contributed by atoms with Gasteiger partial charge < -0.3 is 11.1 Å². The lowest BCUT2D eigenvalue weighted by Gasteiger charge is -2.19. The molecular formula is C29H30N4O2S. The maximum atomic E-state index is 12.1. The Labute approximate surface area is 212 Å². The number of benzene rings is 4. The highest BCUT2D eigenvalue weighted by Gasteiger charge is 2.16. The Hall–Kier alpha value is -3.94. The van der Waals surface area contributed by atoms with Crippen LogP contribution in [0, 0.1) is 5.41 Å². The molecule has 1 unspecified atom stereocenters. The molecule has 0 heterocycles. The minimum Gasteiger partial charge on any atom is -0.385 e. The predicted octanol–water partition coefficient (Wildman–Crippen LogP) is 5.11. The van der Waals surface area contributed by atoms with Crippen molar-refractivity contribution in [3.63, 3.8) is 0 Å². The Morgan fingerprint density at radius 3 is 2.25 bits per heavy atom. The normalized spacial score (nSPS) is 12.1. The summed E-state index contributed by atoms with van der Waals surface area (Å²) in [5.74, 6) is 0.295. The van der Waals surface area contributed by atoms with Crippen LogP contribution >= 0.6 is 0 Å². The van der Waals surface area contributed by atoms with Crippen LogP contribution in [-0.4, -0.2) is 20.8 Å². The molecule has 1 atom stereocenters. The van der Waals surface area contributed by atoms with E-state index in [0.29, 0.717) is 11.1 Å². The third-order valence-corrected chi connectivity index (χ3v) is 7.18. The molecule has 36 heavy (non-hydrogen) atoms. The van der Waals surface area contributed by atoms with Crippen LogP contribution in [0.25, 0.3) is 11.1 Å². The third-order valence-electron chi connectivity index (χ3n) is 6.21. The molecule has 0 saturated carbocycles. The van der Waals surface area contributed by atoms with Gasteiger partial charge in [-0.3, -0.25) is 5.41 Å². The molecule has 7 heteroatoms. The second-order valence-corrected chi connectivity index (χ2v) is 10.3. The van der Waals surface area contributed by atoms with Crippen molar-refractivity contribution < 1.29 is 8.42 Å². The van der Waals surface area contributed by atoms with E-state index in [1.165, 1.54) is 17.2 Å². The van der Waals surface area contributed by atoms with Gasteiger partial charge in [0.25, 0.3) is 0 Å². The Kier molecular flexibility index (Phi) is 7.83. The van der Waals surface area contributed by atoms with Crippen LogP contribution in [0.5, 0.6) is 0 Å². The summed E-state index contributed by atoms with van der Waals surface area (Å²) in [4.78, 5) is 0.121. The van der Waals surface area contributed by atoms with Gasteiger partial charge in [0.1, 0.15) is 5.84 Å². The first kappa shape index (κ1) is 25.2. The first-order chi connectivity index (χ1) is 17.3. The minimum absolute atomic E-state index is 0.0460. The van der Waals surface area contributed by atoms with Crippen LogP contribution < -0.4 is 16.2 Å². The molecule has 0 aliphatic rings. The van der Waals surface area contributed by atoms with Crippen LogP contribution in [0.4, 0.5) is 5.69 Å². The number of hydrogen-bond acceptors (Lipinski definition) is 4. The lowest BCUT2D eigenvalue weighted by molar-refractivity contribution is 0.598. The van der Waals surface area contributed by atoms with Gasteiger partial charge in [0.2, 0.25) is 10.0 Å². The molecule has 0 amide bonds. The number of nitrogen functional groups attached to an aromatic ring is 1. The molecule has 0 spiro atoms. The number of amidine groups is 1. The summed E-state index contributed by atoms with van der Waals surface area (Å²) in [6.07, 6.45) is 1.76. The second kappa shape index (κ2) is 11.2. The topological polar surface area (TPSA) is 122 Å². The molecule has 0 aromatic heterocycles. The van der Waals surface area contributed by atoms with Crippen molar-refractivity contribution in [3.8, 4) is 11.1 Å². The molecule has 0 saturated heterocycles. The van der Waals surface area contributed by atoms with E-state index < -0.39 is 10.0 Å². The number of rotatable bonds is 10. The largest absolute Gasteiger partial charge is 0.385 e. The van der Waals surface area contributed by atoms with Crippen LogP contribution in [-0.2, 0) is 16.4 Å². The van der Waals surface area contributed by atoms with Gasteiger partial charge in [0.15, 0.2) is 0 Å². The lowest BCUT2D eigenvalue weighted by atomic mass is 9.88. The summed E-state index contributed by atoms with van der Waals surface area (Å²) < 4.78 is 24.1. The van der Waals surface area contributed by atoms with Crippen LogP contribution in [0.15, 0.2) is 108 Å². The van der Waals surface area contributed by atoms with Crippen molar-refractivity contribution in [2.45, 2.75) is 23.7 Å². The first-order valence-electron chi connectivity index (χ1n) is 11.8. The van der Waals surface area contributed by atoms with Gasteiger partial charge in [0.05, 0.1) is 4.90 Å². The van der Waals surface area contributed by atoms with Gasteiger partial charge in [-0.05, 0) is 53.6 Å². The zero-order valence-electron chi connectivity index (χ0n) is 19.9. The van der Waals surface area contributed by atoms with Crippen LogP contribution in [0.3, 0.4) is 0 Å². The van der Waals surface area contributed by atoms with E-state index in [4.69, 9.17) is 16.3 Å². The first-order valence-corrected chi connectivity index (χ1v) is 13.3. The van der Waals surface area contributed by atoms with E-state index in [2.05, 4.69) is 29.6 Å². The molecule has 6 N–H and O–H groups in total. The average Bonchev–Trinajstić information content (AvgIpc) is 2.88. The van der Waals surface area contributed by atoms with Crippen molar-refractivity contribution in [3.05, 3.63) is 120 Å². The van der Waals surface area contributed by atoms with Crippen molar-refractivity contribution in [1.82, 2.24) is 0 Å². The summed E-state index contributed by atoms with van der Waals surface area (Å²) in [7, 11) is -3.83. The van der Waals surface area contributed by atoms with Crippen LogP contribution in [0.2, 0.25) is 0 Å². The fourth-order valence-electron chi connectivity index (χ4n) is 4.36. The van der Waals surface area contributed by atoms with Crippen molar-refractivity contribution >= 4 is 21.5 Å². The summed E-state index contributed by atoms with van der Waals surface area (Å²) in [5, 5.41) is 16.5. The maximum Gasteiger partial charge on any atom is 0.238 e. The van der Waals surface area contributed by atoms with E-state index in [1.807, 2.05) is 60.7 Å². The summed E-state index contributed by atoms with van der Waals surface area (Å²) in [5.41, 5.74) is 11.1. The molecular weight excluding hydrogens is 468 g/mol. The van der Waals surface area contributed by atoms with Gasteiger partial charge in [-0.15, -0.1) is 0 Å². The molecule has 0 radical (unpaired) electrons. The van der Waals surface area contributed by atoms with E-state index in [9.17, 15) is 8.42 Å². The monoisotopic (exact) mass is 498 g/mol. The highest BCUT2D eigenvalue weighted by atomic mass is 32.2. The van der Waals surface area contributed by atoms with E-state index in [0.717, 1.165) is 30.6 Å². The maximum absolute atomic E-state index is 12.1. The van der Waals surface area contributed by atoms with E-state index in [1.54, 1.807) is 12.1 Å². The van der Waals surface area contributed by atoms with Gasteiger partial charge in [-0.25, -0.2) is 13.6 Å². The van der Waals surface area contributed by atoms with E-state index in [-0.39, 0.29) is 16.6 Å². The molecule has 4 rings (SSSR count). The third kappa shape index (κ3) is 6.38. The predicted molar refractivity (Wildman–Crippen MR) is 147 cm³/mol. The number of sulfonamides is 1. The number of anilines is 1. The van der Waals surface area contributed by atoms with Gasteiger partial charge in [-0.2, -0.15) is 0 Å². The molecule has 0 aliphatic carbocycles. The molecule has 184 valence electrons. The Balaban J connectivity index is 1.55. The molecule has 0 aliphatic heterocycles. The summed E-state index contributed by atoms with van der Waals surface area (Å²) >= 11 is 0. The Morgan fingerprint density at radius 1 is 0.861 bits per heavy atom. The molecule has 0 fully saturated rings. The second-order valence-electron chi connectivity index (χ2n) is 8.76. The highest BCUT2D eigenvalue weighted by molar-refractivity contribution is 7.89. The summed E-state index contributed by atoms with van der Waals surface area (Å²) in [6.45, 7) is 0.745. The van der Waals surface area contributed by atoms with Crippen molar-refractivity contribution in [1.29, 1.82) is 5.41 Å². The average molecular weight is 499 g/mol. The zero-order chi connectivity index (χ0) is 25.5.